The molecule has 0 atom stereocenters. The van der Waals surface area contributed by atoms with Gasteiger partial charge in [0.25, 0.3) is 0 Å². The predicted molar refractivity (Wildman–Crippen MR) is 110 cm³/mol. The van der Waals surface area contributed by atoms with E-state index in [9.17, 15) is 0 Å². The van der Waals surface area contributed by atoms with Crippen LogP contribution in [0.5, 0.6) is 0 Å². The molecule has 144 valence electrons. The first-order valence-electron chi connectivity index (χ1n) is 9.48. The maximum absolute atomic E-state index is 5.59. The van der Waals surface area contributed by atoms with Crippen molar-refractivity contribution in [3.63, 3.8) is 0 Å². The second-order valence-electron chi connectivity index (χ2n) is 7.09. The summed E-state index contributed by atoms with van der Waals surface area (Å²) in [6.45, 7) is 9.84. The van der Waals surface area contributed by atoms with Gasteiger partial charge in [0.05, 0.1) is 12.2 Å². The Morgan fingerprint density at radius 3 is 2.70 bits per heavy atom. The number of hydrogen-bond donors (Lipinski definition) is 2. The van der Waals surface area contributed by atoms with E-state index < -0.39 is 0 Å². The summed E-state index contributed by atoms with van der Waals surface area (Å²) in [6, 6.07) is 10.4. The standard InChI is InChI=1S/C21H29N5O/c1-16(2)14-26-11-9-18(10-12-26)25-21(22-3)23-13-19-15-27-20(24-19)17-7-5-4-6-8-17/h4-8,15,18H,1,9-14H2,2-3H3,(H2,22,23,25). The van der Waals surface area contributed by atoms with Crippen molar-refractivity contribution >= 4 is 5.96 Å². The van der Waals surface area contributed by atoms with Crippen molar-refractivity contribution in [1.29, 1.82) is 0 Å². The Balaban J connectivity index is 1.46. The zero-order valence-electron chi connectivity index (χ0n) is 16.2. The van der Waals surface area contributed by atoms with Gasteiger partial charge in [-0.2, -0.15) is 0 Å². The molecular weight excluding hydrogens is 338 g/mol. The molecule has 2 aromatic rings. The summed E-state index contributed by atoms with van der Waals surface area (Å²) in [5.41, 5.74) is 3.06. The van der Waals surface area contributed by atoms with Crippen LogP contribution in [0.25, 0.3) is 11.5 Å². The van der Waals surface area contributed by atoms with Crippen molar-refractivity contribution in [2.24, 2.45) is 4.99 Å². The minimum atomic E-state index is 0.440. The molecule has 6 nitrogen and oxygen atoms in total. The van der Waals surface area contributed by atoms with Crippen molar-refractivity contribution in [3.05, 3.63) is 54.4 Å². The molecule has 1 fully saturated rings. The summed E-state index contributed by atoms with van der Waals surface area (Å²) in [5.74, 6) is 1.44. The number of likely N-dealkylation sites (tertiary alicyclic amines) is 1. The summed E-state index contributed by atoms with van der Waals surface area (Å²) in [7, 11) is 1.80. The smallest absolute Gasteiger partial charge is 0.226 e. The molecule has 0 spiro atoms. The van der Waals surface area contributed by atoms with Gasteiger partial charge >= 0.3 is 0 Å². The molecule has 3 rings (SSSR count). The van der Waals surface area contributed by atoms with Gasteiger partial charge in [0, 0.05) is 38.3 Å². The molecule has 27 heavy (non-hydrogen) atoms. The second kappa shape index (κ2) is 9.37. The van der Waals surface area contributed by atoms with Gasteiger partial charge in [0.2, 0.25) is 5.89 Å². The average molecular weight is 367 g/mol. The van der Waals surface area contributed by atoms with Crippen LogP contribution in [0.1, 0.15) is 25.5 Å². The van der Waals surface area contributed by atoms with Crippen molar-refractivity contribution in [2.45, 2.75) is 32.4 Å². The van der Waals surface area contributed by atoms with Crippen LogP contribution in [0.4, 0.5) is 0 Å². The molecule has 6 heteroatoms. The van der Waals surface area contributed by atoms with Gasteiger partial charge in [0.15, 0.2) is 5.96 Å². The lowest BCUT2D eigenvalue weighted by atomic mass is 10.0. The molecule has 1 aliphatic rings. The number of guanidine groups is 1. The lowest BCUT2D eigenvalue weighted by molar-refractivity contribution is 0.221. The number of aliphatic imine (C=N–C) groups is 1. The van der Waals surface area contributed by atoms with E-state index in [0.717, 1.165) is 49.7 Å². The van der Waals surface area contributed by atoms with Gasteiger partial charge in [0.1, 0.15) is 6.26 Å². The molecule has 2 N–H and O–H groups in total. The van der Waals surface area contributed by atoms with E-state index in [2.05, 4.69) is 39.0 Å². The fourth-order valence-corrected chi connectivity index (χ4v) is 3.28. The van der Waals surface area contributed by atoms with Gasteiger partial charge in [-0.15, -0.1) is 0 Å². The van der Waals surface area contributed by atoms with E-state index in [1.165, 1.54) is 5.57 Å². The van der Waals surface area contributed by atoms with Crippen LogP contribution in [0.2, 0.25) is 0 Å². The van der Waals surface area contributed by atoms with Gasteiger partial charge in [-0.05, 0) is 31.9 Å². The number of hydrogen-bond acceptors (Lipinski definition) is 4. The Bertz CT molecular complexity index is 760. The van der Waals surface area contributed by atoms with Crippen LogP contribution in [-0.2, 0) is 6.54 Å². The van der Waals surface area contributed by atoms with Crippen molar-refractivity contribution in [2.75, 3.05) is 26.7 Å². The van der Waals surface area contributed by atoms with Crippen LogP contribution in [0.3, 0.4) is 0 Å². The van der Waals surface area contributed by atoms with E-state index in [0.29, 0.717) is 18.5 Å². The van der Waals surface area contributed by atoms with E-state index in [1.807, 2.05) is 30.3 Å². The Kier molecular flexibility index (Phi) is 6.65. The Morgan fingerprint density at radius 2 is 2.04 bits per heavy atom. The molecule has 1 aliphatic heterocycles. The molecule has 1 aromatic heterocycles. The average Bonchev–Trinajstić information content (AvgIpc) is 3.16. The largest absolute Gasteiger partial charge is 0.444 e. The number of rotatable bonds is 6. The van der Waals surface area contributed by atoms with Crippen molar-refractivity contribution in [3.8, 4) is 11.5 Å². The van der Waals surface area contributed by atoms with Gasteiger partial charge < -0.3 is 15.1 Å². The molecular formula is C21H29N5O. The first-order chi connectivity index (χ1) is 13.1. The van der Waals surface area contributed by atoms with Gasteiger partial charge in [-0.3, -0.25) is 9.89 Å². The number of piperidine rings is 1. The van der Waals surface area contributed by atoms with Crippen molar-refractivity contribution < 1.29 is 4.42 Å². The van der Waals surface area contributed by atoms with Gasteiger partial charge in [-0.25, -0.2) is 4.98 Å². The first kappa shape index (κ1) is 19.2. The summed E-state index contributed by atoms with van der Waals surface area (Å²) in [6.07, 6.45) is 3.91. The fourth-order valence-electron chi connectivity index (χ4n) is 3.28. The molecule has 1 aromatic carbocycles. The van der Waals surface area contributed by atoms with Crippen LogP contribution < -0.4 is 10.6 Å². The number of benzene rings is 1. The highest BCUT2D eigenvalue weighted by Gasteiger charge is 2.19. The predicted octanol–water partition coefficient (Wildman–Crippen LogP) is 3.05. The monoisotopic (exact) mass is 367 g/mol. The minimum absolute atomic E-state index is 0.440. The summed E-state index contributed by atoms with van der Waals surface area (Å²) < 4.78 is 5.59. The number of nitrogens with one attached hydrogen (secondary N) is 2. The second-order valence-corrected chi connectivity index (χ2v) is 7.09. The minimum Gasteiger partial charge on any atom is -0.444 e. The van der Waals surface area contributed by atoms with Crippen LogP contribution in [0.15, 0.2) is 58.2 Å². The molecule has 0 saturated carbocycles. The summed E-state index contributed by atoms with van der Waals surface area (Å²) in [5, 5.41) is 6.85. The van der Waals surface area contributed by atoms with E-state index >= 15 is 0 Å². The van der Waals surface area contributed by atoms with E-state index in [-0.39, 0.29) is 0 Å². The van der Waals surface area contributed by atoms with Crippen LogP contribution in [-0.4, -0.2) is 48.6 Å². The third-order valence-electron chi connectivity index (χ3n) is 4.65. The lowest BCUT2D eigenvalue weighted by Gasteiger charge is -2.33. The molecule has 0 bridgehead atoms. The number of oxazole rings is 1. The highest BCUT2D eigenvalue weighted by molar-refractivity contribution is 5.79. The van der Waals surface area contributed by atoms with E-state index in [1.54, 1.807) is 13.3 Å². The normalized spacial score (nSPS) is 16.3. The zero-order valence-corrected chi connectivity index (χ0v) is 16.2. The van der Waals surface area contributed by atoms with Crippen LogP contribution in [0, 0.1) is 0 Å². The lowest BCUT2D eigenvalue weighted by Crippen LogP contribution is -2.48. The molecule has 1 saturated heterocycles. The van der Waals surface area contributed by atoms with Crippen molar-refractivity contribution in [1.82, 2.24) is 20.5 Å². The molecule has 0 unspecified atom stereocenters. The molecule has 0 amide bonds. The molecule has 2 heterocycles. The number of nitrogens with zero attached hydrogens (tertiary/aromatic N) is 3. The zero-order chi connectivity index (χ0) is 19.1. The number of aromatic nitrogens is 1. The summed E-state index contributed by atoms with van der Waals surface area (Å²) >= 11 is 0. The SMILES string of the molecule is C=C(C)CN1CCC(NC(=NC)NCc2coc(-c3ccccc3)n2)CC1. The Morgan fingerprint density at radius 1 is 1.30 bits per heavy atom. The third kappa shape index (κ3) is 5.69. The third-order valence-corrected chi connectivity index (χ3v) is 4.65. The Hall–Kier alpha value is -2.60. The van der Waals surface area contributed by atoms with Crippen LogP contribution >= 0.6 is 0 Å². The Labute approximate surface area is 161 Å². The maximum atomic E-state index is 5.59. The van der Waals surface area contributed by atoms with E-state index in [4.69, 9.17) is 4.42 Å². The highest BCUT2D eigenvalue weighted by Crippen LogP contribution is 2.17. The fraction of sp³-hybridized carbons (Fsp3) is 0.429. The topological polar surface area (TPSA) is 65.7 Å². The summed E-state index contributed by atoms with van der Waals surface area (Å²) in [4.78, 5) is 11.3. The first-order valence-corrected chi connectivity index (χ1v) is 9.48. The molecule has 0 radical (unpaired) electrons. The molecule has 0 aliphatic carbocycles. The maximum Gasteiger partial charge on any atom is 0.226 e. The van der Waals surface area contributed by atoms with Gasteiger partial charge in [-0.1, -0.05) is 30.4 Å². The highest BCUT2D eigenvalue weighted by atomic mass is 16.3. The quantitative estimate of drug-likeness (QED) is 0.467.